The van der Waals surface area contributed by atoms with E-state index in [1.54, 1.807) is 0 Å². The van der Waals surface area contributed by atoms with Crippen molar-refractivity contribution in [2.24, 2.45) is 5.92 Å². The van der Waals surface area contributed by atoms with Crippen LogP contribution in [0.1, 0.15) is 19.8 Å². The van der Waals surface area contributed by atoms with Crippen LogP contribution in [0.4, 0.5) is 0 Å². The molecule has 2 heteroatoms. The second-order valence-electron chi connectivity index (χ2n) is 3.37. The molecule has 0 radical (unpaired) electrons. The fourth-order valence-electron chi connectivity index (χ4n) is 1.93. The van der Waals surface area contributed by atoms with Gasteiger partial charge < -0.3 is 10.6 Å². The second kappa shape index (κ2) is 3.35. The van der Waals surface area contributed by atoms with Crippen molar-refractivity contribution in [3.8, 4) is 0 Å². The first kappa shape index (κ1) is 8.02. The third-order valence-electron chi connectivity index (χ3n) is 2.54. The van der Waals surface area contributed by atoms with Gasteiger partial charge in [-0.2, -0.15) is 0 Å². The predicted molar refractivity (Wildman–Crippen MR) is 44.1 cm³/mol. The van der Waals surface area contributed by atoms with Crippen LogP contribution >= 0.6 is 0 Å². The molecule has 1 rings (SSSR count). The van der Waals surface area contributed by atoms with Crippen molar-refractivity contribution in [1.82, 2.24) is 10.6 Å². The van der Waals surface area contributed by atoms with Gasteiger partial charge in [-0.25, -0.2) is 0 Å². The van der Waals surface area contributed by atoms with Crippen molar-refractivity contribution in [3.05, 3.63) is 0 Å². The Morgan fingerprint density at radius 2 is 1.40 bits per heavy atom. The number of hydrogen-bond donors (Lipinski definition) is 2. The van der Waals surface area contributed by atoms with Gasteiger partial charge in [-0.3, -0.25) is 0 Å². The van der Waals surface area contributed by atoms with E-state index in [0.717, 1.165) is 5.92 Å². The van der Waals surface area contributed by atoms with Crippen LogP contribution in [0.25, 0.3) is 0 Å². The Morgan fingerprint density at radius 1 is 1.00 bits per heavy atom. The number of likely N-dealkylation sites (N-methyl/N-ethyl adjacent to an activating group) is 2. The first-order valence-corrected chi connectivity index (χ1v) is 4.12. The molecule has 0 heterocycles. The molecule has 0 aliphatic heterocycles. The van der Waals surface area contributed by atoms with Crippen molar-refractivity contribution in [3.63, 3.8) is 0 Å². The number of hydrogen-bond acceptors (Lipinski definition) is 2. The molecule has 0 aromatic rings. The maximum atomic E-state index is 3.33. The summed E-state index contributed by atoms with van der Waals surface area (Å²) in [4.78, 5) is 0. The molecule has 2 nitrogen and oxygen atoms in total. The Kier molecular flexibility index (Phi) is 2.69. The monoisotopic (exact) mass is 142 g/mol. The van der Waals surface area contributed by atoms with Crippen molar-refractivity contribution < 1.29 is 0 Å². The van der Waals surface area contributed by atoms with E-state index < -0.39 is 0 Å². The second-order valence-corrected chi connectivity index (χ2v) is 3.37. The van der Waals surface area contributed by atoms with E-state index in [9.17, 15) is 0 Å². The van der Waals surface area contributed by atoms with E-state index >= 15 is 0 Å². The maximum absolute atomic E-state index is 3.33. The summed E-state index contributed by atoms with van der Waals surface area (Å²) in [6.07, 6.45) is 2.64. The molecule has 2 unspecified atom stereocenters. The van der Waals surface area contributed by atoms with Crippen molar-refractivity contribution in [1.29, 1.82) is 0 Å². The average molecular weight is 142 g/mol. The zero-order chi connectivity index (χ0) is 7.56. The lowest BCUT2D eigenvalue weighted by Crippen LogP contribution is -2.40. The van der Waals surface area contributed by atoms with Crippen LogP contribution in [0, 0.1) is 5.92 Å². The minimum atomic E-state index is 0.694. The van der Waals surface area contributed by atoms with Gasteiger partial charge in [-0.15, -0.1) is 0 Å². The van der Waals surface area contributed by atoms with Gasteiger partial charge in [0, 0.05) is 12.1 Å². The smallest absolute Gasteiger partial charge is 0.0220 e. The fourth-order valence-corrected chi connectivity index (χ4v) is 1.93. The zero-order valence-electron chi connectivity index (χ0n) is 7.15. The summed E-state index contributed by atoms with van der Waals surface area (Å²) >= 11 is 0. The minimum Gasteiger partial charge on any atom is -0.315 e. The summed E-state index contributed by atoms with van der Waals surface area (Å²) in [6.45, 7) is 2.32. The van der Waals surface area contributed by atoms with Crippen LogP contribution in [-0.4, -0.2) is 26.2 Å². The molecule has 0 spiro atoms. The lowest BCUT2D eigenvalue weighted by Gasteiger charge is -2.17. The van der Waals surface area contributed by atoms with Crippen LogP contribution in [0.2, 0.25) is 0 Å². The molecule has 0 aromatic heterocycles. The Bertz CT molecular complexity index is 91.4. The molecule has 0 saturated heterocycles. The Labute approximate surface area is 63.4 Å². The lowest BCUT2D eigenvalue weighted by atomic mass is 10.1. The van der Waals surface area contributed by atoms with E-state index in [0.29, 0.717) is 12.1 Å². The van der Waals surface area contributed by atoms with Crippen LogP contribution in [-0.2, 0) is 0 Å². The summed E-state index contributed by atoms with van der Waals surface area (Å²) in [5.41, 5.74) is 0. The van der Waals surface area contributed by atoms with Gasteiger partial charge in [-0.05, 0) is 32.9 Å². The quantitative estimate of drug-likeness (QED) is 0.590. The Morgan fingerprint density at radius 3 is 1.70 bits per heavy atom. The van der Waals surface area contributed by atoms with E-state index in [1.165, 1.54) is 12.8 Å². The molecule has 0 aromatic carbocycles. The molecule has 1 aliphatic rings. The highest BCUT2D eigenvalue weighted by atomic mass is 15.0. The SMILES string of the molecule is CNC1CC(C)CC1NC. The molecule has 60 valence electrons. The highest BCUT2D eigenvalue weighted by Crippen LogP contribution is 2.24. The largest absolute Gasteiger partial charge is 0.315 e. The van der Waals surface area contributed by atoms with E-state index in [2.05, 4.69) is 17.6 Å². The Hall–Kier alpha value is -0.0800. The number of rotatable bonds is 2. The Balaban J connectivity index is 2.41. The van der Waals surface area contributed by atoms with E-state index in [-0.39, 0.29) is 0 Å². The van der Waals surface area contributed by atoms with Gasteiger partial charge in [0.15, 0.2) is 0 Å². The normalized spacial score (nSPS) is 40.5. The third-order valence-corrected chi connectivity index (χ3v) is 2.54. The summed E-state index contributed by atoms with van der Waals surface area (Å²) in [6, 6.07) is 1.39. The van der Waals surface area contributed by atoms with Crippen molar-refractivity contribution in [2.45, 2.75) is 31.8 Å². The van der Waals surface area contributed by atoms with Crippen molar-refractivity contribution >= 4 is 0 Å². The average Bonchev–Trinajstić information content (AvgIpc) is 2.30. The number of nitrogens with one attached hydrogen (secondary N) is 2. The molecular formula is C8H18N2. The molecule has 0 bridgehead atoms. The van der Waals surface area contributed by atoms with Gasteiger partial charge in [-0.1, -0.05) is 6.92 Å². The highest BCUT2D eigenvalue weighted by Gasteiger charge is 2.28. The van der Waals surface area contributed by atoms with E-state index in [4.69, 9.17) is 0 Å². The maximum Gasteiger partial charge on any atom is 0.0220 e. The van der Waals surface area contributed by atoms with Crippen LogP contribution in [0.5, 0.6) is 0 Å². The van der Waals surface area contributed by atoms with Gasteiger partial charge in [0.05, 0.1) is 0 Å². The van der Waals surface area contributed by atoms with Crippen LogP contribution in [0.15, 0.2) is 0 Å². The standard InChI is InChI=1S/C8H18N2/c1-6-4-7(9-2)8(5-6)10-3/h6-10H,4-5H2,1-3H3. The van der Waals surface area contributed by atoms with Gasteiger partial charge >= 0.3 is 0 Å². The van der Waals surface area contributed by atoms with Crippen LogP contribution in [0.3, 0.4) is 0 Å². The van der Waals surface area contributed by atoms with Crippen LogP contribution < -0.4 is 10.6 Å². The summed E-state index contributed by atoms with van der Waals surface area (Å²) in [5, 5.41) is 6.67. The predicted octanol–water partition coefficient (Wildman–Crippen LogP) is 0.592. The highest BCUT2D eigenvalue weighted by molar-refractivity contribution is 4.89. The van der Waals surface area contributed by atoms with Gasteiger partial charge in [0.1, 0.15) is 0 Å². The van der Waals surface area contributed by atoms with Crippen molar-refractivity contribution in [2.75, 3.05) is 14.1 Å². The topological polar surface area (TPSA) is 24.1 Å². The third kappa shape index (κ3) is 1.50. The molecule has 2 N–H and O–H groups in total. The molecule has 1 saturated carbocycles. The van der Waals surface area contributed by atoms with E-state index in [1.807, 2.05) is 14.1 Å². The molecule has 2 atom stereocenters. The van der Waals surface area contributed by atoms with Gasteiger partial charge in [0.2, 0.25) is 0 Å². The molecular weight excluding hydrogens is 124 g/mol. The van der Waals surface area contributed by atoms with Gasteiger partial charge in [0.25, 0.3) is 0 Å². The minimum absolute atomic E-state index is 0.694. The first-order valence-electron chi connectivity index (χ1n) is 4.12. The molecule has 1 aliphatic carbocycles. The summed E-state index contributed by atoms with van der Waals surface area (Å²) in [5.74, 6) is 0.884. The summed E-state index contributed by atoms with van der Waals surface area (Å²) < 4.78 is 0. The zero-order valence-corrected chi connectivity index (χ0v) is 7.15. The summed E-state index contributed by atoms with van der Waals surface area (Å²) in [7, 11) is 4.10. The molecule has 1 fully saturated rings. The molecule has 10 heavy (non-hydrogen) atoms. The fraction of sp³-hybridized carbons (Fsp3) is 1.00. The lowest BCUT2D eigenvalue weighted by molar-refractivity contribution is 0.460. The first-order chi connectivity index (χ1) is 4.77. The molecule has 0 amide bonds.